The molecule has 98 valence electrons. The quantitative estimate of drug-likeness (QED) is 0.853. The van der Waals surface area contributed by atoms with Gasteiger partial charge in [-0.05, 0) is 31.2 Å². The number of hydrogen-bond donors (Lipinski definition) is 2. The molecule has 0 aliphatic heterocycles. The van der Waals surface area contributed by atoms with E-state index in [4.69, 9.17) is 10.5 Å². The molecule has 0 radical (unpaired) electrons. The molecule has 2 aromatic rings. The summed E-state index contributed by atoms with van der Waals surface area (Å²) in [5.41, 5.74) is 5.59. The average molecular weight is 258 g/mol. The lowest BCUT2D eigenvalue weighted by Crippen LogP contribution is -2.10. The predicted molar refractivity (Wildman–Crippen MR) is 71.2 cm³/mol. The van der Waals surface area contributed by atoms with Gasteiger partial charge in [0.05, 0.1) is 12.4 Å². The number of hydrogen-bond acceptors (Lipinski definition) is 5. The third-order valence-electron chi connectivity index (χ3n) is 2.33. The molecule has 2 rings (SSSR count). The molecule has 1 aromatic carbocycles. The van der Waals surface area contributed by atoms with Crippen LogP contribution in [0.2, 0.25) is 0 Å². The van der Waals surface area contributed by atoms with Crippen LogP contribution in [0, 0.1) is 0 Å². The van der Waals surface area contributed by atoms with Gasteiger partial charge in [-0.25, -0.2) is 0 Å². The lowest BCUT2D eigenvalue weighted by Gasteiger charge is -2.06. The summed E-state index contributed by atoms with van der Waals surface area (Å²) in [6.45, 7) is 2.73. The Hall–Kier alpha value is -2.63. The molecule has 1 aromatic heterocycles. The maximum absolute atomic E-state index is 10.9. The normalized spacial score (nSPS) is 9.95. The number of carbonyl (C=O) groups is 1. The molecule has 1 amide bonds. The topological polar surface area (TPSA) is 90.1 Å². The maximum Gasteiger partial charge on any atom is 0.248 e. The number of primary amides is 1. The van der Waals surface area contributed by atoms with Crippen molar-refractivity contribution in [1.29, 1.82) is 0 Å². The summed E-state index contributed by atoms with van der Waals surface area (Å²) in [6.07, 6.45) is 3.13. The first-order valence-electron chi connectivity index (χ1n) is 5.82. The van der Waals surface area contributed by atoms with E-state index in [0.717, 1.165) is 6.54 Å². The van der Waals surface area contributed by atoms with E-state index in [-0.39, 0.29) is 0 Å². The van der Waals surface area contributed by atoms with Crippen molar-refractivity contribution in [3.8, 4) is 11.6 Å². The number of ether oxygens (including phenoxy) is 1. The Morgan fingerprint density at radius 3 is 2.68 bits per heavy atom. The molecule has 0 aliphatic rings. The van der Waals surface area contributed by atoms with Gasteiger partial charge in [0.1, 0.15) is 11.6 Å². The van der Waals surface area contributed by atoms with Gasteiger partial charge in [0, 0.05) is 12.1 Å². The fraction of sp³-hybridized carbons (Fsp3) is 0.154. The highest BCUT2D eigenvalue weighted by Crippen LogP contribution is 2.20. The Morgan fingerprint density at radius 2 is 2.05 bits per heavy atom. The molecule has 0 spiro atoms. The highest BCUT2D eigenvalue weighted by atomic mass is 16.5. The van der Waals surface area contributed by atoms with E-state index in [9.17, 15) is 4.79 Å². The number of benzene rings is 1. The molecule has 0 unspecified atom stereocenters. The summed E-state index contributed by atoms with van der Waals surface area (Å²) in [4.78, 5) is 19.2. The van der Waals surface area contributed by atoms with Gasteiger partial charge >= 0.3 is 0 Å². The van der Waals surface area contributed by atoms with Crippen LogP contribution < -0.4 is 15.8 Å². The molecular formula is C13H14N4O2. The Morgan fingerprint density at radius 1 is 1.32 bits per heavy atom. The highest BCUT2D eigenvalue weighted by molar-refractivity contribution is 5.92. The first kappa shape index (κ1) is 12.8. The Labute approximate surface area is 110 Å². The third-order valence-corrected chi connectivity index (χ3v) is 2.33. The number of nitrogens with one attached hydrogen (secondary N) is 1. The van der Waals surface area contributed by atoms with Crippen LogP contribution in [0.1, 0.15) is 17.3 Å². The molecule has 0 fully saturated rings. The minimum atomic E-state index is -0.472. The average Bonchev–Trinajstić information content (AvgIpc) is 2.40. The van der Waals surface area contributed by atoms with Gasteiger partial charge in [0.25, 0.3) is 0 Å². The monoisotopic (exact) mass is 258 g/mol. The fourth-order valence-electron chi connectivity index (χ4n) is 1.47. The number of amides is 1. The Bertz CT molecular complexity index is 569. The number of rotatable bonds is 5. The molecule has 0 bridgehead atoms. The van der Waals surface area contributed by atoms with Gasteiger partial charge in [0.15, 0.2) is 0 Å². The summed E-state index contributed by atoms with van der Waals surface area (Å²) in [5.74, 6) is 1.12. The van der Waals surface area contributed by atoms with Crippen molar-refractivity contribution in [2.24, 2.45) is 5.73 Å². The van der Waals surface area contributed by atoms with Crippen LogP contribution >= 0.6 is 0 Å². The second-order valence-electron chi connectivity index (χ2n) is 3.76. The zero-order valence-corrected chi connectivity index (χ0v) is 10.5. The lowest BCUT2D eigenvalue weighted by molar-refractivity contribution is 0.100. The minimum absolute atomic E-state index is 0.380. The van der Waals surface area contributed by atoms with E-state index in [2.05, 4.69) is 15.3 Å². The van der Waals surface area contributed by atoms with Crippen LogP contribution in [0.25, 0.3) is 0 Å². The predicted octanol–water partition coefficient (Wildman–Crippen LogP) is 1.80. The largest absolute Gasteiger partial charge is 0.437 e. The van der Waals surface area contributed by atoms with E-state index >= 15 is 0 Å². The van der Waals surface area contributed by atoms with Gasteiger partial charge in [-0.1, -0.05) is 0 Å². The SMILES string of the molecule is CCNc1cncc(Oc2ccc(C(N)=O)cc2)n1. The Kier molecular flexibility index (Phi) is 3.92. The van der Waals surface area contributed by atoms with Crippen molar-refractivity contribution < 1.29 is 9.53 Å². The lowest BCUT2D eigenvalue weighted by atomic mass is 10.2. The second kappa shape index (κ2) is 5.81. The van der Waals surface area contributed by atoms with Gasteiger partial charge in [-0.15, -0.1) is 0 Å². The number of nitrogens with zero attached hydrogens (tertiary/aromatic N) is 2. The van der Waals surface area contributed by atoms with E-state index < -0.39 is 5.91 Å². The van der Waals surface area contributed by atoms with E-state index in [0.29, 0.717) is 23.0 Å². The summed E-state index contributed by atoms with van der Waals surface area (Å²) in [5, 5.41) is 3.04. The van der Waals surface area contributed by atoms with Crippen molar-refractivity contribution in [1.82, 2.24) is 9.97 Å². The van der Waals surface area contributed by atoms with Crippen molar-refractivity contribution in [2.75, 3.05) is 11.9 Å². The summed E-state index contributed by atoms with van der Waals surface area (Å²) >= 11 is 0. The van der Waals surface area contributed by atoms with Gasteiger partial charge < -0.3 is 15.8 Å². The van der Waals surface area contributed by atoms with Crippen LogP contribution in [0.15, 0.2) is 36.7 Å². The first-order chi connectivity index (χ1) is 9.19. The van der Waals surface area contributed by atoms with E-state index in [1.54, 1.807) is 30.5 Å². The van der Waals surface area contributed by atoms with Crippen molar-refractivity contribution in [3.05, 3.63) is 42.2 Å². The van der Waals surface area contributed by atoms with E-state index in [1.165, 1.54) is 6.20 Å². The molecule has 1 heterocycles. The zero-order chi connectivity index (χ0) is 13.7. The fourth-order valence-corrected chi connectivity index (χ4v) is 1.47. The van der Waals surface area contributed by atoms with Gasteiger partial charge in [-0.3, -0.25) is 9.78 Å². The van der Waals surface area contributed by atoms with Gasteiger partial charge in [-0.2, -0.15) is 4.98 Å². The highest BCUT2D eigenvalue weighted by Gasteiger charge is 2.03. The molecule has 19 heavy (non-hydrogen) atoms. The van der Waals surface area contributed by atoms with Gasteiger partial charge in [0.2, 0.25) is 11.8 Å². The number of nitrogens with two attached hydrogens (primary N) is 1. The third kappa shape index (κ3) is 3.41. The molecule has 6 heteroatoms. The smallest absolute Gasteiger partial charge is 0.248 e. The molecule has 0 saturated heterocycles. The molecule has 6 nitrogen and oxygen atoms in total. The second-order valence-corrected chi connectivity index (χ2v) is 3.76. The molecule has 0 saturated carbocycles. The van der Waals surface area contributed by atoms with E-state index in [1.807, 2.05) is 6.92 Å². The number of carbonyl (C=O) groups excluding carboxylic acids is 1. The zero-order valence-electron chi connectivity index (χ0n) is 10.5. The minimum Gasteiger partial charge on any atom is -0.437 e. The number of aromatic nitrogens is 2. The molecular weight excluding hydrogens is 244 g/mol. The summed E-state index contributed by atoms with van der Waals surface area (Å²) in [7, 11) is 0. The van der Waals surface area contributed by atoms with Crippen LogP contribution in [0.4, 0.5) is 5.82 Å². The van der Waals surface area contributed by atoms with Crippen LogP contribution in [-0.4, -0.2) is 22.4 Å². The number of anilines is 1. The van der Waals surface area contributed by atoms with Crippen molar-refractivity contribution >= 4 is 11.7 Å². The summed E-state index contributed by atoms with van der Waals surface area (Å²) in [6, 6.07) is 6.50. The maximum atomic E-state index is 10.9. The summed E-state index contributed by atoms with van der Waals surface area (Å²) < 4.78 is 5.53. The first-order valence-corrected chi connectivity index (χ1v) is 5.82. The van der Waals surface area contributed by atoms with Crippen LogP contribution in [0.5, 0.6) is 11.6 Å². The van der Waals surface area contributed by atoms with Crippen LogP contribution in [0.3, 0.4) is 0 Å². The van der Waals surface area contributed by atoms with Crippen molar-refractivity contribution in [2.45, 2.75) is 6.92 Å². The van der Waals surface area contributed by atoms with Crippen molar-refractivity contribution in [3.63, 3.8) is 0 Å². The molecule has 0 aliphatic carbocycles. The van der Waals surface area contributed by atoms with Crippen LogP contribution in [-0.2, 0) is 0 Å². The molecule has 0 atom stereocenters. The Balaban J connectivity index is 2.12. The molecule has 3 N–H and O–H groups in total. The standard InChI is InChI=1S/C13H14N4O2/c1-2-16-11-7-15-8-12(17-11)19-10-5-3-9(4-6-10)13(14)18/h3-8H,2H2,1H3,(H2,14,18)(H,16,17).